The zero-order valence-electron chi connectivity index (χ0n) is 6.06. The van der Waals surface area contributed by atoms with Crippen LogP contribution in [0.4, 0.5) is 4.79 Å². The molecule has 0 spiro atoms. The van der Waals surface area contributed by atoms with Crippen LogP contribution in [0.1, 0.15) is 13.8 Å². The van der Waals surface area contributed by atoms with E-state index in [1.165, 1.54) is 0 Å². The van der Waals surface area contributed by atoms with Gasteiger partial charge in [0.1, 0.15) is 6.04 Å². The third-order valence-corrected chi connectivity index (χ3v) is 1.45. The van der Waals surface area contributed by atoms with Crippen LogP contribution in [-0.2, 0) is 0 Å². The van der Waals surface area contributed by atoms with Crippen molar-refractivity contribution in [2.75, 3.05) is 0 Å². The van der Waals surface area contributed by atoms with E-state index in [9.17, 15) is 4.79 Å². The molecule has 1 aliphatic heterocycles. The van der Waals surface area contributed by atoms with Crippen molar-refractivity contribution >= 4 is 6.03 Å². The molecule has 2 atom stereocenters. The third-order valence-electron chi connectivity index (χ3n) is 1.45. The Balaban J connectivity index is 2.60. The topological polar surface area (TPSA) is 41.1 Å². The van der Waals surface area contributed by atoms with Crippen LogP contribution < -0.4 is 10.6 Å². The van der Waals surface area contributed by atoms with E-state index in [-0.39, 0.29) is 18.1 Å². The molecule has 1 aliphatic rings. The van der Waals surface area contributed by atoms with Crippen molar-refractivity contribution in [1.29, 1.82) is 0 Å². The van der Waals surface area contributed by atoms with Crippen LogP contribution >= 0.6 is 0 Å². The van der Waals surface area contributed by atoms with E-state index in [4.69, 9.17) is 0 Å². The quantitative estimate of drug-likeness (QED) is 0.457. The summed E-state index contributed by atoms with van der Waals surface area (Å²) in [4.78, 5) is 10.6. The van der Waals surface area contributed by atoms with E-state index in [2.05, 4.69) is 22.5 Å². The Bertz CT molecular complexity index is 201. The third kappa shape index (κ3) is 1.21. The lowest BCUT2D eigenvalue weighted by Gasteiger charge is -2.04. The van der Waals surface area contributed by atoms with E-state index in [1.54, 1.807) is 6.92 Å². The van der Waals surface area contributed by atoms with Gasteiger partial charge in [-0.25, -0.2) is 4.79 Å². The summed E-state index contributed by atoms with van der Waals surface area (Å²) in [6.07, 6.45) is 0. The second-order valence-corrected chi connectivity index (χ2v) is 2.28. The van der Waals surface area contributed by atoms with Crippen molar-refractivity contribution in [3.8, 4) is 11.8 Å². The van der Waals surface area contributed by atoms with E-state index in [0.717, 1.165) is 0 Å². The van der Waals surface area contributed by atoms with Gasteiger partial charge in [0.2, 0.25) is 0 Å². The average Bonchev–Trinajstić information content (AvgIpc) is 2.13. The molecule has 10 heavy (non-hydrogen) atoms. The van der Waals surface area contributed by atoms with Crippen LogP contribution in [0.3, 0.4) is 0 Å². The normalized spacial score (nSPS) is 30.0. The minimum Gasteiger partial charge on any atom is -0.333 e. The summed E-state index contributed by atoms with van der Waals surface area (Å²) >= 11 is 0. The molecule has 3 heteroatoms. The second kappa shape index (κ2) is 2.61. The Morgan fingerprint density at radius 3 is 2.60 bits per heavy atom. The minimum atomic E-state index is -0.125. The molecule has 1 fully saturated rings. The molecular formula is C7H10N2O. The largest absolute Gasteiger partial charge is 0.333 e. The molecule has 0 radical (unpaired) electrons. The number of carbonyl (C=O) groups is 1. The number of nitrogens with one attached hydrogen (secondary N) is 2. The lowest BCUT2D eigenvalue weighted by molar-refractivity contribution is 0.247. The van der Waals surface area contributed by atoms with Gasteiger partial charge in [-0.15, -0.1) is 5.92 Å². The molecule has 2 N–H and O–H groups in total. The van der Waals surface area contributed by atoms with E-state index < -0.39 is 0 Å². The van der Waals surface area contributed by atoms with E-state index in [0.29, 0.717) is 0 Å². The Kier molecular flexibility index (Phi) is 1.81. The first-order valence-electron chi connectivity index (χ1n) is 3.23. The van der Waals surface area contributed by atoms with Crippen LogP contribution in [-0.4, -0.2) is 18.1 Å². The fraction of sp³-hybridized carbons (Fsp3) is 0.571. The van der Waals surface area contributed by atoms with Gasteiger partial charge in [-0.05, 0) is 13.8 Å². The van der Waals surface area contributed by atoms with Crippen molar-refractivity contribution in [3.63, 3.8) is 0 Å². The molecule has 2 amide bonds. The van der Waals surface area contributed by atoms with Crippen molar-refractivity contribution in [3.05, 3.63) is 0 Å². The molecule has 2 unspecified atom stereocenters. The van der Waals surface area contributed by atoms with E-state index in [1.807, 2.05) is 6.92 Å². The monoisotopic (exact) mass is 138 g/mol. The molecular weight excluding hydrogens is 128 g/mol. The first-order valence-corrected chi connectivity index (χ1v) is 3.23. The summed E-state index contributed by atoms with van der Waals surface area (Å²) in [5.41, 5.74) is 0. The summed E-state index contributed by atoms with van der Waals surface area (Å²) in [6, 6.07) is -0.0160. The van der Waals surface area contributed by atoms with Gasteiger partial charge >= 0.3 is 6.03 Å². The number of urea groups is 1. The van der Waals surface area contributed by atoms with Gasteiger partial charge in [-0.1, -0.05) is 5.92 Å². The highest BCUT2D eigenvalue weighted by Gasteiger charge is 2.25. The molecule has 0 aliphatic carbocycles. The van der Waals surface area contributed by atoms with Crippen molar-refractivity contribution in [1.82, 2.24) is 10.6 Å². The Morgan fingerprint density at radius 1 is 1.50 bits per heavy atom. The second-order valence-electron chi connectivity index (χ2n) is 2.28. The van der Waals surface area contributed by atoms with Crippen LogP contribution in [0.5, 0.6) is 0 Å². The lowest BCUT2D eigenvalue weighted by atomic mass is 10.2. The number of amides is 2. The maximum atomic E-state index is 10.6. The zero-order valence-corrected chi connectivity index (χ0v) is 6.06. The maximum absolute atomic E-state index is 10.6. The van der Waals surface area contributed by atoms with Gasteiger partial charge in [-0.3, -0.25) is 0 Å². The average molecular weight is 138 g/mol. The predicted octanol–water partition coefficient (Wildman–Crippen LogP) is 0.0796. The summed E-state index contributed by atoms with van der Waals surface area (Å²) in [5.74, 6) is 5.64. The first-order chi connectivity index (χ1) is 4.74. The zero-order chi connectivity index (χ0) is 7.56. The molecule has 0 aromatic rings. The van der Waals surface area contributed by atoms with Crippen molar-refractivity contribution in [2.24, 2.45) is 0 Å². The SMILES string of the molecule is CC#CC1NC(=O)NC1C. The van der Waals surface area contributed by atoms with Crippen LogP contribution in [0.25, 0.3) is 0 Å². The van der Waals surface area contributed by atoms with Gasteiger partial charge in [0.05, 0.1) is 6.04 Å². The highest BCUT2D eigenvalue weighted by atomic mass is 16.2. The van der Waals surface area contributed by atoms with Crippen molar-refractivity contribution in [2.45, 2.75) is 25.9 Å². The highest BCUT2D eigenvalue weighted by molar-refractivity contribution is 5.78. The van der Waals surface area contributed by atoms with Crippen LogP contribution in [0.15, 0.2) is 0 Å². The van der Waals surface area contributed by atoms with Crippen molar-refractivity contribution < 1.29 is 4.79 Å². The standard InChI is InChI=1S/C7H10N2O/c1-3-4-6-5(2)8-7(10)9-6/h5-6H,1-2H3,(H2,8,9,10). The molecule has 1 rings (SSSR count). The summed E-state index contributed by atoms with van der Waals surface area (Å²) in [7, 11) is 0. The smallest absolute Gasteiger partial charge is 0.316 e. The van der Waals surface area contributed by atoms with Gasteiger partial charge in [0, 0.05) is 0 Å². The van der Waals surface area contributed by atoms with Crippen LogP contribution in [0, 0.1) is 11.8 Å². The Labute approximate surface area is 60.2 Å². The van der Waals surface area contributed by atoms with Gasteiger partial charge in [0.25, 0.3) is 0 Å². The molecule has 0 bridgehead atoms. The first kappa shape index (κ1) is 6.94. The fourth-order valence-corrected chi connectivity index (χ4v) is 0.915. The number of hydrogen-bond donors (Lipinski definition) is 2. The summed E-state index contributed by atoms with van der Waals surface area (Å²) in [5, 5.41) is 5.38. The highest BCUT2D eigenvalue weighted by Crippen LogP contribution is 1.97. The molecule has 0 aromatic heterocycles. The molecule has 1 heterocycles. The van der Waals surface area contributed by atoms with Gasteiger partial charge in [-0.2, -0.15) is 0 Å². The van der Waals surface area contributed by atoms with Gasteiger partial charge in [0.15, 0.2) is 0 Å². The minimum absolute atomic E-state index is 0.0162. The Morgan fingerprint density at radius 2 is 2.20 bits per heavy atom. The molecule has 54 valence electrons. The number of hydrogen-bond acceptors (Lipinski definition) is 1. The summed E-state index contributed by atoms with van der Waals surface area (Å²) in [6.45, 7) is 3.68. The van der Waals surface area contributed by atoms with E-state index >= 15 is 0 Å². The number of carbonyl (C=O) groups excluding carboxylic acids is 1. The maximum Gasteiger partial charge on any atom is 0.316 e. The predicted molar refractivity (Wildman–Crippen MR) is 38.4 cm³/mol. The number of rotatable bonds is 0. The van der Waals surface area contributed by atoms with Crippen LogP contribution in [0.2, 0.25) is 0 Å². The summed E-state index contributed by atoms with van der Waals surface area (Å²) < 4.78 is 0. The Hall–Kier alpha value is -1.17. The molecule has 0 saturated carbocycles. The van der Waals surface area contributed by atoms with Gasteiger partial charge < -0.3 is 10.6 Å². The lowest BCUT2D eigenvalue weighted by Crippen LogP contribution is -2.28. The molecule has 1 saturated heterocycles. The fourth-order valence-electron chi connectivity index (χ4n) is 0.915. The molecule has 3 nitrogen and oxygen atoms in total. The molecule has 0 aromatic carbocycles.